The highest BCUT2D eigenvalue weighted by molar-refractivity contribution is 5.97. The minimum Gasteiger partial charge on any atom is -0.297 e. The molecule has 0 saturated carbocycles. The van der Waals surface area contributed by atoms with Gasteiger partial charge in [-0.15, -0.1) is 0 Å². The number of aryl methyl sites for hydroxylation is 1. The van der Waals surface area contributed by atoms with Crippen LogP contribution in [0.15, 0.2) is 48.5 Å². The maximum absolute atomic E-state index is 11.4. The van der Waals surface area contributed by atoms with Crippen LogP contribution in [0.5, 0.6) is 0 Å². The van der Waals surface area contributed by atoms with Crippen molar-refractivity contribution in [3.8, 4) is 5.69 Å². The molecule has 94 valence electrons. The number of hydrogen-bond donors (Lipinski definition) is 0. The molecule has 0 aliphatic rings. The van der Waals surface area contributed by atoms with Gasteiger partial charge in [-0.3, -0.25) is 9.36 Å². The lowest BCUT2D eigenvalue weighted by Crippen LogP contribution is -1.96. The molecule has 1 heterocycles. The first-order chi connectivity index (χ1) is 9.16. The molecule has 3 rings (SSSR count). The summed E-state index contributed by atoms with van der Waals surface area (Å²) in [4.78, 5) is 16.0. The Morgan fingerprint density at radius 1 is 1.11 bits per heavy atom. The Morgan fingerprint density at radius 2 is 1.84 bits per heavy atom. The van der Waals surface area contributed by atoms with E-state index >= 15 is 0 Å². The summed E-state index contributed by atoms with van der Waals surface area (Å²) in [6.07, 6.45) is 0. The largest absolute Gasteiger partial charge is 0.297 e. The summed E-state index contributed by atoms with van der Waals surface area (Å²) in [5.74, 6) is 0.982. The zero-order chi connectivity index (χ0) is 13.4. The number of benzene rings is 2. The van der Waals surface area contributed by atoms with Crippen molar-refractivity contribution in [2.24, 2.45) is 0 Å². The average molecular weight is 250 g/mol. The van der Waals surface area contributed by atoms with Crippen molar-refractivity contribution < 1.29 is 4.79 Å². The van der Waals surface area contributed by atoms with E-state index < -0.39 is 0 Å². The van der Waals surface area contributed by atoms with Crippen molar-refractivity contribution in [1.82, 2.24) is 9.55 Å². The Kier molecular flexibility index (Phi) is 2.67. The number of hydrogen-bond acceptors (Lipinski definition) is 2. The lowest BCUT2D eigenvalue weighted by molar-refractivity contribution is 0.101. The molecule has 0 fully saturated rings. The van der Waals surface area contributed by atoms with E-state index in [1.54, 1.807) is 6.92 Å². The topological polar surface area (TPSA) is 34.9 Å². The molecule has 0 N–H and O–H groups in total. The van der Waals surface area contributed by atoms with E-state index in [9.17, 15) is 4.79 Å². The first-order valence-corrected chi connectivity index (χ1v) is 6.22. The molecule has 0 aliphatic carbocycles. The van der Waals surface area contributed by atoms with E-state index in [0.29, 0.717) is 5.56 Å². The number of ketones is 1. The molecule has 0 aliphatic heterocycles. The minimum absolute atomic E-state index is 0.0637. The normalized spacial score (nSPS) is 10.8. The molecular formula is C16H14N2O. The van der Waals surface area contributed by atoms with Crippen LogP contribution in [0.1, 0.15) is 23.1 Å². The monoisotopic (exact) mass is 250 g/mol. The van der Waals surface area contributed by atoms with Crippen LogP contribution in [0.25, 0.3) is 16.7 Å². The van der Waals surface area contributed by atoms with Crippen molar-refractivity contribution >= 4 is 16.8 Å². The number of rotatable bonds is 2. The maximum Gasteiger partial charge on any atom is 0.159 e. The second kappa shape index (κ2) is 4.35. The van der Waals surface area contributed by atoms with Crippen molar-refractivity contribution in [2.75, 3.05) is 0 Å². The van der Waals surface area contributed by atoms with Crippen LogP contribution in [0, 0.1) is 6.92 Å². The van der Waals surface area contributed by atoms with E-state index in [1.807, 2.05) is 55.5 Å². The number of fused-ring (bicyclic) bond motifs is 1. The van der Waals surface area contributed by atoms with E-state index in [2.05, 4.69) is 9.55 Å². The molecule has 0 amide bonds. The summed E-state index contributed by atoms with van der Waals surface area (Å²) in [6.45, 7) is 3.54. The standard InChI is InChI=1S/C16H14N2O/c1-11(19)13-8-9-16-15(10-13)17-12(2)18(16)14-6-4-3-5-7-14/h3-10H,1-2H3. The third-order valence-corrected chi connectivity index (χ3v) is 3.24. The molecule has 0 saturated heterocycles. The highest BCUT2D eigenvalue weighted by Crippen LogP contribution is 2.22. The lowest BCUT2D eigenvalue weighted by Gasteiger charge is -2.06. The van der Waals surface area contributed by atoms with Gasteiger partial charge in [0.25, 0.3) is 0 Å². The number of Topliss-reactive ketones (excluding diaryl/α,β-unsaturated/α-hetero) is 1. The number of imidazole rings is 1. The molecular weight excluding hydrogens is 236 g/mol. The number of aromatic nitrogens is 2. The Labute approximate surface area is 111 Å². The van der Waals surface area contributed by atoms with Crippen molar-refractivity contribution in [2.45, 2.75) is 13.8 Å². The summed E-state index contributed by atoms with van der Waals surface area (Å²) in [5.41, 5.74) is 3.66. The van der Waals surface area contributed by atoms with Crippen LogP contribution >= 0.6 is 0 Å². The second-order valence-corrected chi connectivity index (χ2v) is 4.59. The molecule has 1 aromatic heterocycles. The predicted octanol–water partition coefficient (Wildman–Crippen LogP) is 3.54. The van der Waals surface area contributed by atoms with Gasteiger partial charge >= 0.3 is 0 Å². The van der Waals surface area contributed by atoms with Crippen LogP contribution in [0.2, 0.25) is 0 Å². The van der Waals surface area contributed by atoms with Crippen LogP contribution in [0.4, 0.5) is 0 Å². The van der Waals surface area contributed by atoms with E-state index in [4.69, 9.17) is 0 Å². The fraction of sp³-hybridized carbons (Fsp3) is 0.125. The minimum atomic E-state index is 0.0637. The quantitative estimate of drug-likeness (QED) is 0.652. The number of carbonyl (C=O) groups is 1. The summed E-state index contributed by atoms with van der Waals surface area (Å²) in [5, 5.41) is 0. The van der Waals surface area contributed by atoms with Crippen LogP contribution in [0.3, 0.4) is 0 Å². The van der Waals surface area contributed by atoms with Crippen molar-refractivity contribution in [1.29, 1.82) is 0 Å². The lowest BCUT2D eigenvalue weighted by atomic mass is 10.1. The highest BCUT2D eigenvalue weighted by Gasteiger charge is 2.10. The Morgan fingerprint density at radius 3 is 2.53 bits per heavy atom. The summed E-state index contributed by atoms with van der Waals surface area (Å²) < 4.78 is 2.10. The van der Waals surface area contributed by atoms with Crippen LogP contribution < -0.4 is 0 Å². The van der Waals surface area contributed by atoms with E-state index in [-0.39, 0.29) is 5.78 Å². The van der Waals surface area contributed by atoms with Gasteiger partial charge in [0.2, 0.25) is 0 Å². The zero-order valence-corrected chi connectivity index (χ0v) is 10.9. The zero-order valence-electron chi connectivity index (χ0n) is 10.9. The van der Waals surface area contributed by atoms with Gasteiger partial charge in [-0.25, -0.2) is 4.98 Å². The first kappa shape index (κ1) is 11.7. The number of nitrogens with zero attached hydrogens (tertiary/aromatic N) is 2. The van der Waals surface area contributed by atoms with Crippen molar-refractivity contribution in [3.63, 3.8) is 0 Å². The van der Waals surface area contributed by atoms with Gasteiger partial charge in [-0.2, -0.15) is 0 Å². The van der Waals surface area contributed by atoms with E-state index in [0.717, 1.165) is 22.5 Å². The smallest absolute Gasteiger partial charge is 0.159 e. The maximum atomic E-state index is 11.4. The van der Waals surface area contributed by atoms with Gasteiger partial charge in [0.15, 0.2) is 5.78 Å². The molecule has 19 heavy (non-hydrogen) atoms. The summed E-state index contributed by atoms with van der Waals surface area (Å²) in [6, 6.07) is 15.8. The van der Waals surface area contributed by atoms with Crippen molar-refractivity contribution in [3.05, 3.63) is 59.9 Å². The molecule has 3 aromatic rings. The SMILES string of the molecule is CC(=O)c1ccc2c(c1)nc(C)n2-c1ccccc1. The summed E-state index contributed by atoms with van der Waals surface area (Å²) in [7, 11) is 0. The molecule has 3 heteroatoms. The molecule has 0 spiro atoms. The fourth-order valence-corrected chi connectivity index (χ4v) is 2.32. The number of carbonyl (C=O) groups excluding carboxylic acids is 1. The molecule has 0 atom stereocenters. The van der Waals surface area contributed by atoms with Gasteiger partial charge in [-0.1, -0.05) is 18.2 Å². The third kappa shape index (κ3) is 1.93. The predicted molar refractivity (Wildman–Crippen MR) is 75.8 cm³/mol. The van der Waals surface area contributed by atoms with Gasteiger partial charge in [0.05, 0.1) is 11.0 Å². The van der Waals surface area contributed by atoms with Gasteiger partial charge in [-0.05, 0) is 44.2 Å². The first-order valence-electron chi connectivity index (χ1n) is 6.22. The molecule has 0 radical (unpaired) electrons. The molecule has 0 bridgehead atoms. The number of para-hydroxylation sites is 1. The molecule has 2 aromatic carbocycles. The second-order valence-electron chi connectivity index (χ2n) is 4.59. The van der Waals surface area contributed by atoms with Crippen LogP contribution in [-0.4, -0.2) is 15.3 Å². The highest BCUT2D eigenvalue weighted by atomic mass is 16.1. The summed E-state index contributed by atoms with van der Waals surface area (Å²) >= 11 is 0. The third-order valence-electron chi connectivity index (χ3n) is 3.24. The Balaban J connectivity index is 2.27. The molecule has 3 nitrogen and oxygen atoms in total. The molecule has 0 unspecified atom stereocenters. The Bertz CT molecular complexity index is 757. The van der Waals surface area contributed by atoms with Gasteiger partial charge < -0.3 is 0 Å². The Hall–Kier alpha value is -2.42. The average Bonchev–Trinajstić information content (AvgIpc) is 2.74. The van der Waals surface area contributed by atoms with E-state index in [1.165, 1.54) is 0 Å². The van der Waals surface area contributed by atoms with Gasteiger partial charge in [0, 0.05) is 11.3 Å². The van der Waals surface area contributed by atoms with Gasteiger partial charge in [0.1, 0.15) is 5.82 Å². The fourth-order valence-electron chi connectivity index (χ4n) is 2.32. The van der Waals surface area contributed by atoms with Crippen LogP contribution in [-0.2, 0) is 0 Å².